The normalized spacial score (nSPS) is 12.1. The molecule has 0 saturated heterocycles. The molecular formula is C22H20ClN5O. The number of benzene rings is 1. The first-order valence-corrected chi connectivity index (χ1v) is 9.71. The standard InChI is InChI=1S/C22H20ClN5O/c1-14(2)21-27-22(29-28-21)16-9-11-25-19(13-16)26-20(18-8-3-4-10-24-18)15-6-5-7-17(23)12-15/h3-14,20H,1-2H3,(H,25,26). The first-order chi connectivity index (χ1) is 14.1. The predicted octanol–water partition coefficient (Wildman–Crippen LogP) is 5.50. The Kier molecular flexibility index (Phi) is 5.53. The maximum atomic E-state index is 6.22. The Labute approximate surface area is 174 Å². The fraction of sp³-hybridized carbons (Fsp3) is 0.182. The van der Waals surface area contributed by atoms with Gasteiger partial charge in [0.15, 0.2) is 5.82 Å². The van der Waals surface area contributed by atoms with Gasteiger partial charge in [0.25, 0.3) is 5.89 Å². The maximum absolute atomic E-state index is 6.22. The summed E-state index contributed by atoms with van der Waals surface area (Å²) in [5.74, 6) is 2.01. The highest BCUT2D eigenvalue weighted by Crippen LogP contribution is 2.28. The third-order valence-electron chi connectivity index (χ3n) is 4.42. The quantitative estimate of drug-likeness (QED) is 0.456. The Hall–Kier alpha value is -3.25. The molecule has 0 fully saturated rings. The molecule has 29 heavy (non-hydrogen) atoms. The minimum absolute atomic E-state index is 0.197. The summed E-state index contributed by atoms with van der Waals surface area (Å²) in [7, 11) is 0. The van der Waals surface area contributed by atoms with E-state index in [-0.39, 0.29) is 12.0 Å². The number of hydrogen-bond acceptors (Lipinski definition) is 6. The molecule has 0 aliphatic carbocycles. The molecule has 7 heteroatoms. The van der Waals surface area contributed by atoms with E-state index in [9.17, 15) is 0 Å². The molecule has 0 aliphatic rings. The zero-order chi connectivity index (χ0) is 20.2. The van der Waals surface area contributed by atoms with Gasteiger partial charge in [-0.05, 0) is 42.0 Å². The van der Waals surface area contributed by atoms with Crippen LogP contribution in [-0.4, -0.2) is 20.1 Å². The van der Waals surface area contributed by atoms with Crippen molar-refractivity contribution in [2.45, 2.75) is 25.8 Å². The second-order valence-corrected chi connectivity index (χ2v) is 7.37. The smallest absolute Gasteiger partial charge is 0.258 e. The van der Waals surface area contributed by atoms with Crippen molar-refractivity contribution in [2.24, 2.45) is 0 Å². The molecule has 1 N–H and O–H groups in total. The van der Waals surface area contributed by atoms with Gasteiger partial charge in [0.05, 0.1) is 11.7 Å². The van der Waals surface area contributed by atoms with E-state index in [1.54, 1.807) is 12.4 Å². The zero-order valence-corrected chi connectivity index (χ0v) is 16.8. The molecule has 146 valence electrons. The summed E-state index contributed by atoms with van der Waals surface area (Å²) in [4.78, 5) is 13.4. The lowest BCUT2D eigenvalue weighted by Gasteiger charge is -2.20. The van der Waals surface area contributed by atoms with Crippen molar-refractivity contribution in [3.8, 4) is 11.5 Å². The Morgan fingerprint density at radius 2 is 1.86 bits per heavy atom. The van der Waals surface area contributed by atoms with Crippen LogP contribution in [0.3, 0.4) is 0 Å². The molecular weight excluding hydrogens is 386 g/mol. The number of pyridine rings is 2. The molecule has 3 heterocycles. The molecule has 0 amide bonds. The number of halogens is 1. The van der Waals surface area contributed by atoms with Gasteiger partial charge in [-0.2, -0.15) is 4.98 Å². The van der Waals surface area contributed by atoms with E-state index in [0.717, 1.165) is 16.8 Å². The van der Waals surface area contributed by atoms with E-state index in [4.69, 9.17) is 16.1 Å². The highest BCUT2D eigenvalue weighted by atomic mass is 35.5. The Balaban J connectivity index is 1.67. The van der Waals surface area contributed by atoms with Gasteiger partial charge < -0.3 is 9.84 Å². The van der Waals surface area contributed by atoms with Crippen molar-refractivity contribution in [3.63, 3.8) is 0 Å². The van der Waals surface area contributed by atoms with E-state index < -0.39 is 0 Å². The van der Waals surface area contributed by atoms with Gasteiger partial charge >= 0.3 is 0 Å². The maximum Gasteiger partial charge on any atom is 0.258 e. The molecule has 6 nitrogen and oxygen atoms in total. The fourth-order valence-electron chi connectivity index (χ4n) is 2.94. The summed E-state index contributed by atoms with van der Waals surface area (Å²) in [6.07, 6.45) is 3.48. The number of nitrogens with one attached hydrogen (secondary N) is 1. The van der Waals surface area contributed by atoms with Gasteiger partial charge in [0.2, 0.25) is 0 Å². The Morgan fingerprint density at radius 3 is 2.59 bits per heavy atom. The van der Waals surface area contributed by atoms with Gasteiger partial charge in [0, 0.05) is 28.9 Å². The van der Waals surface area contributed by atoms with Crippen LogP contribution in [0.25, 0.3) is 11.5 Å². The number of hydrogen-bond donors (Lipinski definition) is 1. The third-order valence-corrected chi connectivity index (χ3v) is 4.66. The highest BCUT2D eigenvalue weighted by molar-refractivity contribution is 6.30. The van der Waals surface area contributed by atoms with Crippen molar-refractivity contribution < 1.29 is 4.52 Å². The largest absolute Gasteiger partial charge is 0.358 e. The summed E-state index contributed by atoms with van der Waals surface area (Å²) in [5, 5.41) is 8.16. The molecule has 0 aliphatic heterocycles. The van der Waals surface area contributed by atoms with Crippen LogP contribution in [0.1, 0.15) is 42.9 Å². The molecule has 1 atom stereocenters. The summed E-state index contributed by atoms with van der Waals surface area (Å²) < 4.78 is 5.41. The van der Waals surface area contributed by atoms with Gasteiger partial charge in [-0.15, -0.1) is 0 Å². The molecule has 0 saturated carbocycles. The lowest BCUT2D eigenvalue weighted by Crippen LogP contribution is -2.14. The summed E-state index contributed by atoms with van der Waals surface area (Å²) in [6, 6.07) is 17.0. The highest BCUT2D eigenvalue weighted by Gasteiger charge is 2.18. The topological polar surface area (TPSA) is 76.7 Å². The summed E-state index contributed by atoms with van der Waals surface area (Å²) >= 11 is 6.22. The van der Waals surface area contributed by atoms with Crippen molar-refractivity contribution in [2.75, 3.05) is 5.32 Å². The van der Waals surface area contributed by atoms with Crippen LogP contribution >= 0.6 is 11.6 Å². The minimum atomic E-state index is -0.216. The second kappa shape index (κ2) is 8.41. The lowest BCUT2D eigenvalue weighted by molar-refractivity contribution is 0.419. The monoisotopic (exact) mass is 405 g/mol. The number of rotatable bonds is 6. The van der Waals surface area contributed by atoms with Crippen LogP contribution in [0.15, 0.2) is 71.5 Å². The fourth-order valence-corrected chi connectivity index (χ4v) is 3.14. The van der Waals surface area contributed by atoms with Crippen LogP contribution in [-0.2, 0) is 0 Å². The van der Waals surface area contributed by atoms with Crippen molar-refractivity contribution >= 4 is 17.4 Å². The van der Waals surface area contributed by atoms with Gasteiger partial charge in [-0.1, -0.05) is 48.8 Å². The summed E-state index contributed by atoms with van der Waals surface area (Å²) in [5.41, 5.74) is 2.65. The van der Waals surface area contributed by atoms with E-state index in [0.29, 0.717) is 22.6 Å². The van der Waals surface area contributed by atoms with Crippen molar-refractivity contribution in [3.05, 3.63) is 89.1 Å². The van der Waals surface area contributed by atoms with E-state index in [1.165, 1.54) is 0 Å². The average molecular weight is 406 g/mol. The van der Waals surface area contributed by atoms with Crippen LogP contribution < -0.4 is 5.32 Å². The molecule has 1 unspecified atom stereocenters. The lowest BCUT2D eigenvalue weighted by atomic mass is 10.0. The molecule has 1 aromatic carbocycles. The average Bonchev–Trinajstić information content (AvgIpc) is 3.24. The number of nitrogens with zero attached hydrogens (tertiary/aromatic N) is 4. The van der Waals surface area contributed by atoms with Crippen molar-refractivity contribution in [1.29, 1.82) is 0 Å². The van der Waals surface area contributed by atoms with Crippen molar-refractivity contribution in [1.82, 2.24) is 20.1 Å². The predicted molar refractivity (Wildman–Crippen MR) is 113 cm³/mol. The van der Waals surface area contributed by atoms with E-state index >= 15 is 0 Å². The molecule has 0 radical (unpaired) electrons. The van der Waals surface area contributed by atoms with Gasteiger partial charge in [-0.25, -0.2) is 4.98 Å². The molecule has 0 spiro atoms. The first kappa shape index (κ1) is 19.1. The van der Waals surface area contributed by atoms with Crippen LogP contribution in [0.5, 0.6) is 0 Å². The SMILES string of the molecule is CC(C)c1noc(-c2ccnc(NC(c3cccc(Cl)c3)c3ccccn3)c2)n1. The van der Waals surface area contributed by atoms with E-state index in [2.05, 4.69) is 25.4 Å². The summed E-state index contributed by atoms with van der Waals surface area (Å²) in [6.45, 7) is 4.05. The van der Waals surface area contributed by atoms with Gasteiger partial charge in [-0.3, -0.25) is 4.98 Å². The molecule has 4 aromatic rings. The van der Waals surface area contributed by atoms with Gasteiger partial charge in [0.1, 0.15) is 5.82 Å². The zero-order valence-electron chi connectivity index (χ0n) is 16.1. The van der Waals surface area contributed by atoms with E-state index in [1.807, 2.05) is 68.4 Å². The first-order valence-electron chi connectivity index (χ1n) is 9.33. The van der Waals surface area contributed by atoms with Crippen LogP contribution in [0.2, 0.25) is 5.02 Å². The van der Waals surface area contributed by atoms with Crippen LogP contribution in [0.4, 0.5) is 5.82 Å². The molecule has 3 aromatic heterocycles. The Morgan fingerprint density at radius 1 is 0.966 bits per heavy atom. The third kappa shape index (κ3) is 4.43. The minimum Gasteiger partial charge on any atom is -0.358 e. The number of aromatic nitrogens is 4. The van der Waals surface area contributed by atoms with Crippen LogP contribution in [0, 0.1) is 0 Å². The molecule has 4 rings (SSSR count). The number of anilines is 1. The molecule has 0 bridgehead atoms. The second-order valence-electron chi connectivity index (χ2n) is 6.93. The Bertz CT molecular complexity index is 1100.